The molecule has 1 saturated carbocycles. The van der Waals surface area contributed by atoms with E-state index >= 15 is 0 Å². The summed E-state index contributed by atoms with van der Waals surface area (Å²) in [6.07, 6.45) is 4.17. The second-order valence-corrected chi connectivity index (χ2v) is 9.23. The standard InChI is InChI=1S/C16H29F3N4O3S/c1-2-20-14(22-12-15(24)7-3-4-8-15)21-11-13-5-9-23(10-6-13)27(25,26)16(17,18)19/h13,24H,2-12H2,1H3,(H2,20,21,22). The Morgan fingerprint density at radius 2 is 1.81 bits per heavy atom. The van der Waals surface area contributed by atoms with Crippen molar-refractivity contribution in [3.8, 4) is 0 Å². The lowest BCUT2D eigenvalue weighted by Gasteiger charge is -2.31. The van der Waals surface area contributed by atoms with Crippen molar-refractivity contribution in [2.75, 3.05) is 32.7 Å². The second-order valence-electron chi connectivity index (χ2n) is 7.30. The third-order valence-corrected chi connectivity index (χ3v) is 6.80. The van der Waals surface area contributed by atoms with Gasteiger partial charge in [-0.2, -0.15) is 17.5 Å². The SMILES string of the molecule is CCNC(=NCC1(O)CCCC1)NCC1CCN(S(=O)(=O)C(F)(F)F)CC1. The summed E-state index contributed by atoms with van der Waals surface area (Å²) in [4.78, 5) is 4.43. The summed E-state index contributed by atoms with van der Waals surface area (Å²) in [7, 11) is -5.24. The van der Waals surface area contributed by atoms with Crippen molar-refractivity contribution in [1.29, 1.82) is 0 Å². The van der Waals surface area contributed by atoms with Crippen LogP contribution in [-0.2, 0) is 10.0 Å². The van der Waals surface area contributed by atoms with Gasteiger partial charge in [0.1, 0.15) is 0 Å². The highest BCUT2D eigenvalue weighted by molar-refractivity contribution is 7.90. The van der Waals surface area contributed by atoms with Gasteiger partial charge in [0.15, 0.2) is 5.96 Å². The molecule has 27 heavy (non-hydrogen) atoms. The fourth-order valence-corrected chi connectivity index (χ4v) is 4.48. The Morgan fingerprint density at radius 1 is 1.22 bits per heavy atom. The van der Waals surface area contributed by atoms with Crippen molar-refractivity contribution >= 4 is 16.0 Å². The molecule has 0 bridgehead atoms. The summed E-state index contributed by atoms with van der Waals surface area (Å²) < 4.78 is 61.2. The zero-order chi connectivity index (χ0) is 20.1. The fraction of sp³-hybridized carbons (Fsp3) is 0.938. The van der Waals surface area contributed by atoms with E-state index in [1.54, 1.807) is 0 Å². The maximum Gasteiger partial charge on any atom is 0.511 e. The Morgan fingerprint density at radius 3 is 2.33 bits per heavy atom. The van der Waals surface area contributed by atoms with Crippen molar-refractivity contribution < 1.29 is 26.7 Å². The van der Waals surface area contributed by atoms with Gasteiger partial charge < -0.3 is 15.7 Å². The minimum Gasteiger partial charge on any atom is -0.388 e. The number of rotatable bonds is 6. The molecule has 0 amide bonds. The molecule has 3 N–H and O–H groups in total. The normalized spacial score (nSPS) is 22.8. The molecule has 0 aromatic rings. The van der Waals surface area contributed by atoms with Crippen molar-refractivity contribution in [2.24, 2.45) is 10.9 Å². The molecule has 0 radical (unpaired) electrons. The molecule has 0 aromatic heterocycles. The number of nitrogens with zero attached hydrogens (tertiary/aromatic N) is 2. The lowest BCUT2D eigenvalue weighted by molar-refractivity contribution is -0.0496. The number of guanidine groups is 1. The molecule has 1 heterocycles. The van der Waals surface area contributed by atoms with Crippen LogP contribution < -0.4 is 10.6 Å². The molecule has 0 aromatic carbocycles. The lowest BCUT2D eigenvalue weighted by atomic mass is 9.98. The van der Waals surface area contributed by atoms with Crippen LogP contribution in [0.3, 0.4) is 0 Å². The third-order valence-electron chi connectivity index (χ3n) is 5.17. The maximum absolute atomic E-state index is 12.6. The van der Waals surface area contributed by atoms with Crippen LogP contribution in [0.5, 0.6) is 0 Å². The number of hydrogen-bond acceptors (Lipinski definition) is 4. The maximum atomic E-state index is 12.6. The summed E-state index contributed by atoms with van der Waals surface area (Å²) in [5, 5.41) is 16.6. The predicted octanol–water partition coefficient (Wildman–Crippen LogP) is 1.41. The summed E-state index contributed by atoms with van der Waals surface area (Å²) in [5.41, 5.74) is -6.00. The van der Waals surface area contributed by atoms with E-state index in [0.717, 1.165) is 25.7 Å². The minimum absolute atomic E-state index is 0.0584. The number of sulfonamides is 1. The molecule has 1 aliphatic heterocycles. The van der Waals surface area contributed by atoms with Crippen LogP contribution in [0.1, 0.15) is 45.4 Å². The van der Waals surface area contributed by atoms with Crippen LogP contribution in [-0.4, -0.2) is 67.6 Å². The van der Waals surface area contributed by atoms with Crippen molar-refractivity contribution in [3.63, 3.8) is 0 Å². The number of halogens is 3. The first-order valence-electron chi connectivity index (χ1n) is 9.38. The Labute approximate surface area is 158 Å². The summed E-state index contributed by atoms with van der Waals surface area (Å²) >= 11 is 0. The van der Waals surface area contributed by atoms with E-state index in [4.69, 9.17) is 0 Å². The van der Waals surface area contributed by atoms with Gasteiger partial charge in [0.05, 0.1) is 12.1 Å². The van der Waals surface area contributed by atoms with Gasteiger partial charge in [-0.15, -0.1) is 0 Å². The molecular weight excluding hydrogens is 385 g/mol. The number of nitrogens with one attached hydrogen (secondary N) is 2. The minimum atomic E-state index is -5.25. The van der Waals surface area contributed by atoms with Crippen molar-refractivity contribution in [2.45, 2.75) is 56.6 Å². The van der Waals surface area contributed by atoms with Crippen LogP contribution in [0.2, 0.25) is 0 Å². The number of hydrogen-bond donors (Lipinski definition) is 3. The van der Waals surface area contributed by atoms with Crippen LogP contribution in [0.4, 0.5) is 13.2 Å². The molecule has 0 unspecified atom stereocenters. The predicted molar refractivity (Wildman–Crippen MR) is 96.7 cm³/mol. The van der Waals surface area contributed by atoms with Gasteiger partial charge in [0.25, 0.3) is 0 Å². The molecule has 2 rings (SSSR count). The number of piperidine rings is 1. The van der Waals surface area contributed by atoms with E-state index in [9.17, 15) is 26.7 Å². The van der Waals surface area contributed by atoms with E-state index in [0.29, 0.717) is 42.7 Å². The quantitative estimate of drug-likeness (QED) is 0.451. The summed E-state index contributed by atoms with van der Waals surface area (Å²) in [5.74, 6) is 0.617. The Bertz CT molecular complexity index is 611. The number of aliphatic imine (C=N–C) groups is 1. The van der Waals surface area contributed by atoms with Gasteiger partial charge in [0, 0.05) is 26.2 Å². The zero-order valence-electron chi connectivity index (χ0n) is 15.6. The highest BCUT2D eigenvalue weighted by Gasteiger charge is 2.50. The first-order valence-corrected chi connectivity index (χ1v) is 10.8. The molecule has 2 fully saturated rings. The summed E-state index contributed by atoms with van der Waals surface area (Å²) in [6.45, 7) is 3.09. The largest absolute Gasteiger partial charge is 0.511 e. The van der Waals surface area contributed by atoms with Crippen LogP contribution in [0.15, 0.2) is 4.99 Å². The molecule has 1 saturated heterocycles. The van der Waals surface area contributed by atoms with Gasteiger partial charge in [-0.05, 0) is 38.5 Å². The van der Waals surface area contributed by atoms with Crippen molar-refractivity contribution in [3.05, 3.63) is 0 Å². The molecule has 7 nitrogen and oxygen atoms in total. The van der Waals surface area contributed by atoms with E-state index in [2.05, 4.69) is 15.6 Å². The molecule has 1 aliphatic carbocycles. The van der Waals surface area contributed by atoms with E-state index in [1.807, 2.05) is 6.92 Å². The van der Waals surface area contributed by atoms with E-state index < -0.39 is 21.1 Å². The molecule has 0 spiro atoms. The Kier molecular flexibility index (Phi) is 7.37. The van der Waals surface area contributed by atoms with E-state index in [1.165, 1.54) is 0 Å². The molecular formula is C16H29F3N4O3S. The van der Waals surface area contributed by atoms with Gasteiger partial charge in [-0.25, -0.2) is 8.42 Å². The van der Waals surface area contributed by atoms with Crippen LogP contribution in [0.25, 0.3) is 0 Å². The van der Waals surface area contributed by atoms with Gasteiger partial charge in [-0.3, -0.25) is 4.99 Å². The monoisotopic (exact) mass is 414 g/mol. The Balaban J connectivity index is 1.83. The van der Waals surface area contributed by atoms with Crippen LogP contribution in [0, 0.1) is 5.92 Å². The highest BCUT2D eigenvalue weighted by Crippen LogP contribution is 2.30. The molecule has 158 valence electrons. The van der Waals surface area contributed by atoms with Crippen molar-refractivity contribution in [1.82, 2.24) is 14.9 Å². The molecule has 0 atom stereocenters. The van der Waals surface area contributed by atoms with Gasteiger partial charge >= 0.3 is 15.5 Å². The van der Waals surface area contributed by atoms with Crippen LogP contribution >= 0.6 is 0 Å². The third kappa shape index (κ3) is 5.95. The molecule has 2 aliphatic rings. The summed E-state index contributed by atoms with van der Waals surface area (Å²) in [6, 6.07) is 0. The second kappa shape index (κ2) is 8.95. The number of alkyl halides is 3. The average Bonchev–Trinajstić information content (AvgIpc) is 3.04. The number of aliphatic hydroxyl groups is 1. The van der Waals surface area contributed by atoms with E-state index in [-0.39, 0.29) is 19.0 Å². The first-order chi connectivity index (χ1) is 12.6. The Hall–Kier alpha value is -1.07. The zero-order valence-corrected chi connectivity index (χ0v) is 16.4. The first kappa shape index (κ1) is 22.2. The lowest BCUT2D eigenvalue weighted by Crippen LogP contribution is -2.47. The topological polar surface area (TPSA) is 94.0 Å². The average molecular weight is 414 g/mol. The van der Waals surface area contributed by atoms with Gasteiger partial charge in [-0.1, -0.05) is 12.8 Å². The highest BCUT2D eigenvalue weighted by atomic mass is 32.2. The van der Waals surface area contributed by atoms with Gasteiger partial charge in [0.2, 0.25) is 0 Å². The fourth-order valence-electron chi connectivity index (χ4n) is 3.50. The smallest absolute Gasteiger partial charge is 0.388 e. The molecule has 11 heteroatoms.